The minimum Gasteiger partial charge on any atom is -0.507 e. The zero-order valence-electron chi connectivity index (χ0n) is 6.52. The van der Waals surface area contributed by atoms with E-state index >= 15 is 0 Å². The second kappa shape index (κ2) is 1.81. The van der Waals surface area contributed by atoms with Gasteiger partial charge in [-0.15, -0.1) is 0 Å². The summed E-state index contributed by atoms with van der Waals surface area (Å²) in [6.07, 6.45) is 1.86. The van der Waals surface area contributed by atoms with Gasteiger partial charge in [0.2, 0.25) is 0 Å². The van der Waals surface area contributed by atoms with Gasteiger partial charge in [-0.25, -0.2) is 0 Å². The molecule has 3 N–H and O–H groups in total. The van der Waals surface area contributed by atoms with Gasteiger partial charge in [0.05, 0.1) is 5.70 Å². The molecule has 0 aromatic carbocycles. The monoisotopic (exact) mass is 150 g/mol. The number of fused-ring (bicyclic) bond motifs is 2. The molecular formula is C8H10N2O. The van der Waals surface area contributed by atoms with Gasteiger partial charge in [-0.2, -0.15) is 0 Å². The third-order valence-corrected chi connectivity index (χ3v) is 2.11. The maximum absolute atomic E-state index is 9.53. The van der Waals surface area contributed by atoms with Gasteiger partial charge >= 0.3 is 0 Å². The van der Waals surface area contributed by atoms with Gasteiger partial charge in [0.25, 0.3) is 0 Å². The fourth-order valence-electron chi connectivity index (χ4n) is 1.28. The number of aliphatic hydroxyl groups excluding tert-OH is 1. The number of allylic oxidation sites excluding steroid dienone is 2. The molecule has 58 valence electrons. The van der Waals surface area contributed by atoms with Crippen LogP contribution in [0.5, 0.6) is 0 Å². The standard InChI is InChI=1S/C8H10N2O/c1-4-6-3-9-8(10-6)5(2)7(4)11/h3,9-11H,1-2H3. The van der Waals surface area contributed by atoms with Gasteiger partial charge < -0.3 is 15.7 Å². The molecule has 2 rings (SSSR count). The van der Waals surface area contributed by atoms with Crippen molar-refractivity contribution in [2.75, 3.05) is 0 Å². The molecule has 0 unspecified atom stereocenters. The minimum atomic E-state index is 0.384. The molecule has 2 aliphatic rings. The number of hydrogen-bond donors (Lipinski definition) is 3. The van der Waals surface area contributed by atoms with E-state index in [0.29, 0.717) is 5.76 Å². The van der Waals surface area contributed by atoms with Crippen molar-refractivity contribution in [1.82, 2.24) is 10.6 Å². The molecule has 0 aliphatic carbocycles. The van der Waals surface area contributed by atoms with Crippen molar-refractivity contribution in [2.24, 2.45) is 0 Å². The molecular weight excluding hydrogens is 140 g/mol. The maximum atomic E-state index is 9.53. The van der Waals surface area contributed by atoms with Crippen molar-refractivity contribution in [1.29, 1.82) is 0 Å². The molecule has 3 heteroatoms. The molecule has 0 amide bonds. The second-order valence-corrected chi connectivity index (χ2v) is 2.80. The van der Waals surface area contributed by atoms with Crippen LogP contribution in [0.2, 0.25) is 0 Å². The molecule has 2 aliphatic heterocycles. The Bertz CT molecular complexity index is 306. The van der Waals surface area contributed by atoms with Crippen LogP contribution in [-0.4, -0.2) is 5.11 Å². The van der Waals surface area contributed by atoms with E-state index in [1.807, 2.05) is 20.0 Å². The van der Waals surface area contributed by atoms with E-state index in [4.69, 9.17) is 0 Å². The quantitative estimate of drug-likeness (QED) is 0.484. The summed E-state index contributed by atoms with van der Waals surface area (Å²) in [4.78, 5) is 0. The van der Waals surface area contributed by atoms with Crippen LogP contribution in [0.4, 0.5) is 0 Å². The first kappa shape index (κ1) is 6.34. The van der Waals surface area contributed by atoms with Crippen LogP contribution in [-0.2, 0) is 0 Å². The highest BCUT2D eigenvalue weighted by Crippen LogP contribution is 2.26. The van der Waals surface area contributed by atoms with E-state index < -0.39 is 0 Å². The van der Waals surface area contributed by atoms with E-state index in [1.165, 1.54) is 0 Å². The fraction of sp³-hybridized carbons (Fsp3) is 0.250. The number of nitrogens with one attached hydrogen (secondary N) is 2. The molecule has 0 saturated heterocycles. The molecule has 0 fully saturated rings. The Labute approximate surface area is 65.1 Å². The summed E-state index contributed by atoms with van der Waals surface area (Å²) >= 11 is 0. The fourth-order valence-corrected chi connectivity index (χ4v) is 1.28. The van der Waals surface area contributed by atoms with Gasteiger partial charge in [-0.1, -0.05) is 0 Å². The molecule has 0 aromatic rings. The van der Waals surface area contributed by atoms with Crippen molar-refractivity contribution >= 4 is 0 Å². The Morgan fingerprint density at radius 2 is 2.00 bits per heavy atom. The Morgan fingerprint density at radius 3 is 2.73 bits per heavy atom. The van der Waals surface area contributed by atoms with Crippen LogP contribution in [0.1, 0.15) is 13.8 Å². The Kier molecular flexibility index (Phi) is 1.04. The lowest BCUT2D eigenvalue weighted by atomic mass is 10.1. The number of rotatable bonds is 0. The van der Waals surface area contributed by atoms with Crippen LogP contribution in [0, 0.1) is 0 Å². The van der Waals surface area contributed by atoms with Crippen LogP contribution in [0.25, 0.3) is 0 Å². The minimum absolute atomic E-state index is 0.384. The number of dihydropyridines is 1. The van der Waals surface area contributed by atoms with E-state index in [9.17, 15) is 5.11 Å². The summed E-state index contributed by atoms with van der Waals surface area (Å²) in [5.74, 6) is 1.28. The summed E-state index contributed by atoms with van der Waals surface area (Å²) in [7, 11) is 0. The topological polar surface area (TPSA) is 44.3 Å². The highest BCUT2D eigenvalue weighted by molar-refractivity contribution is 5.49. The highest BCUT2D eigenvalue weighted by atomic mass is 16.3. The third kappa shape index (κ3) is 0.677. The van der Waals surface area contributed by atoms with E-state index in [-0.39, 0.29) is 0 Å². The smallest absolute Gasteiger partial charge is 0.127 e. The Hall–Kier alpha value is -1.38. The lowest BCUT2D eigenvalue weighted by Crippen LogP contribution is -2.20. The molecule has 3 nitrogen and oxygen atoms in total. The van der Waals surface area contributed by atoms with Crippen molar-refractivity contribution in [3.05, 3.63) is 34.6 Å². The first-order chi connectivity index (χ1) is 5.20. The van der Waals surface area contributed by atoms with Crippen LogP contribution in [0.3, 0.4) is 0 Å². The average molecular weight is 150 g/mol. The Morgan fingerprint density at radius 1 is 1.27 bits per heavy atom. The second-order valence-electron chi connectivity index (χ2n) is 2.80. The molecule has 0 saturated carbocycles. The van der Waals surface area contributed by atoms with Gasteiger partial charge in [-0.05, 0) is 13.8 Å². The molecule has 0 aromatic heterocycles. The normalized spacial score (nSPS) is 21.5. The van der Waals surface area contributed by atoms with Crippen molar-refractivity contribution in [3.8, 4) is 0 Å². The molecule has 11 heavy (non-hydrogen) atoms. The molecule has 2 heterocycles. The van der Waals surface area contributed by atoms with Crippen molar-refractivity contribution in [3.63, 3.8) is 0 Å². The first-order valence-corrected chi connectivity index (χ1v) is 3.55. The summed E-state index contributed by atoms with van der Waals surface area (Å²) in [5, 5.41) is 15.7. The van der Waals surface area contributed by atoms with Gasteiger partial charge in [0.1, 0.15) is 11.6 Å². The SMILES string of the molecule is CC1=C2NC=C(N2)C(C)=C1O. The van der Waals surface area contributed by atoms with E-state index in [2.05, 4.69) is 10.6 Å². The number of aliphatic hydroxyl groups is 1. The van der Waals surface area contributed by atoms with Gasteiger partial charge in [-0.3, -0.25) is 0 Å². The lowest BCUT2D eigenvalue weighted by Gasteiger charge is -2.16. The molecule has 0 radical (unpaired) electrons. The summed E-state index contributed by atoms with van der Waals surface area (Å²) in [5.41, 5.74) is 2.74. The Balaban J connectivity index is 2.60. The van der Waals surface area contributed by atoms with Crippen LogP contribution >= 0.6 is 0 Å². The van der Waals surface area contributed by atoms with Crippen molar-refractivity contribution in [2.45, 2.75) is 13.8 Å². The van der Waals surface area contributed by atoms with E-state index in [0.717, 1.165) is 22.7 Å². The lowest BCUT2D eigenvalue weighted by molar-refractivity contribution is 0.412. The predicted molar refractivity (Wildman–Crippen MR) is 42.4 cm³/mol. The first-order valence-electron chi connectivity index (χ1n) is 3.55. The molecule has 0 atom stereocenters. The van der Waals surface area contributed by atoms with Crippen molar-refractivity contribution < 1.29 is 5.11 Å². The molecule has 0 spiro atoms. The van der Waals surface area contributed by atoms with Gasteiger partial charge in [0.15, 0.2) is 0 Å². The number of hydrogen-bond acceptors (Lipinski definition) is 3. The van der Waals surface area contributed by atoms with Crippen LogP contribution in [0.15, 0.2) is 34.6 Å². The summed E-state index contributed by atoms with van der Waals surface area (Å²) in [6, 6.07) is 0. The maximum Gasteiger partial charge on any atom is 0.127 e. The largest absolute Gasteiger partial charge is 0.507 e. The summed E-state index contributed by atoms with van der Waals surface area (Å²) < 4.78 is 0. The average Bonchev–Trinajstić information content (AvgIpc) is 2.44. The molecule has 2 bridgehead atoms. The zero-order chi connectivity index (χ0) is 8.01. The predicted octanol–water partition coefficient (Wildman–Crippen LogP) is 1.10. The van der Waals surface area contributed by atoms with Gasteiger partial charge in [0, 0.05) is 17.3 Å². The zero-order valence-corrected chi connectivity index (χ0v) is 6.52. The van der Waals surface area contributed by atoms with E-state index in [1.54, 1.807) is 0 Å². The van der Waals surface area contributed by atoms with Crippen LogP contribution < -0.4 is 10.6 Å². The summed E-state index contributed by atoms with van der Waals surface area (Å²) in [6.45, 7) is 3.77. The third-order valence-electron chi connectivity index (χ3n) is 2.11. The highest BCUT2D eigenvalue weighted by Gasteiger charge is 2.22.